The molecule has 1 amide bonds. The SMILES string of the molecule is CC/C=C\C/C=C\C/C=C\C/C=C\C/C=C\CCCCCCCCCC(=O)OC1C(OCC(NC(=O)C(O)CC/C=C\C/C=C\C/C=C\C/C=C\CCCCC)C(O)/C=C/CCCCCCCCCCCCC)OC(CO)C(O)C1O. The third kappa shape index (κ3) is 44.3. The van der Waals surface area contributed by atoms with Gasteiger partial charge in [-0.1, -0.05) is 251 Å². The fourth-order valence-electron chi connectivity index (χ4n) is 9.26. The van der Waals surface area contributed by atoms with Gasteiger partial charge < -0.3 is 45.1 Å². The highest BCUT2D eigenvalue weighted by Crippen LogP contribution is 2.26. The van der Waals surface area contributed by atoms with Crippen LogP contribution in [0.3, 0.4) is 0 Å². The van der Waals surface area contributed by atoms with E-state index >= 15 is 0 Å². The minimum absolute atomic E-state index is 0.0970. The molecule has 1 saturated heterocycles. The smallest absolute Gasteiger partial charge is 0.306 e. The van der Waals surface area contributed by atoms with Gasteiger partial charge in [0.05, 0.1) is 25.4 Å². The second kappa shape index (κ2) is 56.5. The van der Waals surface area contributed by atoms with E-state index in [1.165, 1.54) is 70.6 Å². The molecule has 0 saturated carbocycles. The number of carbonyl (C=O) groups excluding carboxylic acids is 2. The molecule has 0 aromatic rings. The van der Waals surface area contributed by atoms with E-state index in [9.17, 15) is 35.1 Å². The van der Waals surface area contributed by atoms with Crippen LogP contribution in [0.4, 0.5) is 0 Å². The standard InChI is InChI=1S/C70H117NO10/c1-4-7-10-13-16-19-22-25-27-29-30-31-32-33-34-35-37-40-43-46-49-52-55-58-65(75)81-68-67(77)66(76)64(59-72)80-70(68)79-60-61(62(73)56-53-50-47-44-41-38-24-21-18-15-12-9-6-3)71-69(78)63(74)57-54-51-48-45-42-39-36-28-26-23-20-17-14-11-8-5-2/h7,10,16-17,19-20,25-28,30-31,33-34,39,42,48,51,53,56,61-64,66-68,70,72-74,76-77H,4-6,8-9,11-15,18,21-24,29,32,35-38,40-41,43-47,49-50,52,54-55,57-60H2,1-3H3,(H,71,78)/b10-7-,19-16-,20-17-,27-25-,28-26-,31-30-,34-33-,42-39-,51-48-,56-53+. The monoisotopic (exact) mass is 1130 g/mol. The van der Waals surface area contributed by atoms with Crippen LogP contribution >= 0.6 is 0 Å². The zero-order chi connectivity index (χ0) is 58.9. The summed E-state index contributed by atoms with van der Waals surface area (Å²) in [7, 11) is 0. The molecule has 1 heterocycles. The number of aliphatic hydroxyl groups is 5. The van der Waals surface area contributed by atoms with Gasteiger partial charge in [0, 0.05) is 6.42 Å². The third-order valence-corrected chi connectivity index (χ3v) is 14.4. The first-order valence-corrected chi connectivity index (χ1v) is 32.3. The first-order valence-electron chi connectivity index (χ1n) is 32.3. The second-order valence-corrected chi connectivity index (χ2v) is 21.8. The van der Waals surface area contributed by atoms with Crippen molar-refractivity contribution in [3.05, 3.63) is 122 Å². The summed E-state index contributed by atoms with van der Waals surface area (Å²) < 4.78 is 17.6. The number of carbonyl (C=O) groups is 2. The van der Waals surface area contributed by atoms with E-state index in [1.54, 1.807) is 6.08 Å². The highest BCUT2D eigenvalue weighted by molar-refractivity contribution is 5.80. The minimum Gasteiger partial charge on any atom is -0.454 e. The summed E-state index contributed by atoms with van der Waals surface area (Å²) in [4.78, 5) is 26.6. The number of allylic oxidation sites excluding steroid dienone is 19. The number of hydrogen-bond acceptors (Lipinski definition) is 10. The molecule has 0 aliphatic carbocycles. The highest BCUT2D eigenvalue weighted by atomic mass is 16.7. The molecule has 0 bridgehead atoms. The maximum Gasteiger partial charge on any atom is 0.306 e. The molecule has 0 aromatic heterocycles. The Hall–Kier alpha value is -3.94. The van der Waals surface area contributed by atoms with Crippen molar-refractivity contribution in [2.45, 2.75) is 294 Å². The molecule has 1 fully saturated rings. The lowest BCUT2D eigenvalue weighted by molar-refractivity contribution is -0.305. The van der Waals surface area contributed by atoms with Crippen LogP contribution in [-0.4, -0.2) is 99.6 Å². The van der Waals surface area contributed by atoms with Crippen molar-refractivity contribution >= 4 is 11.9 Å². The number of aliphatic hydroxyl groups excluding tert-OH is 5. The molecule has 8 atom stereocenters. The van der Waals surface area contributed by atoms with Gasteiger partial charge in [-0.2, -0.15) is 0 Å². The van der Waals surface area contributed by atoms with Crippen LogP contribution in [0.5, 0.6) is 0 Å². The number of amides is 1. The van der Waals surface area contributed by atoms with Crippen LogP contribution in [0.15, 0.2) is 122 Å². The van der Waals surface area contributed by atoms with Crippen LogP contribution < -0.4 is 5.32 Å². The van der Waals surface area contributed by atoms with Gasteiger partial charge in [0.25, 0.3) is 0 Å². The number of nitrogens with one attached hydrogen (secondary N) is 1. The predicted octanol–water partition coefficient (Wildman–Crippen LogP) is 15.8. The van der Waals surface area contributed by atoms with E-state index in [0.717, 1.165) is 128 Å². The molecule has 6 N–H and O–H groups in total. The van der Waals surface area contributed by atoms with E-state index in [1.807, 2.05) is 18.2 Å². The Morgan fingerprint density at radius 3 is 1.36 bits per heavy atom. The Bertz CT molecular complexity index is 1780. The van der Waals surface area contributed by atoms with E-state index in [2.05, 4.69) is 123 Å². The maximum atomic E-state index is 13.4. The summed E-state index contributed by atoms with van der Waals surface area (Å²) in [5.41, 5.74) is 0. The van der Waals surface area contributed by atoms with Crippen LogP contribution in [-0.2, 0) is 23.8 Å². The molecule has 1 aliphatic rings. The van der Waals surface area contributed by atoms with Crippen molar-refractivity contribution in [2.75, 3.05) is 13.2 Å². The minimum atomic E-state index is -1.64. The van der Waals surface area contributed by atoms with Gasteiger partial charge in [0.1, 0.15) is 24.4 Å². The number of hydrogen-bond donors (Lipinski definition) is 6. The number of esters is 1. The van der Waals surface area contributed by atoms with E-state index in [4.69, 9.17) is 14.2 Å². The number of unbranched alkanes of at least 4 members (excludes halogenated alkanes) is 21. The van der Waals surface area contributed by atoms with Crippen LogP contribution in [0.1, 0.15) is 245 Å². The summed E-state index contributed by atoms with van der Waals surface area (Å²) in [6.07, 6.45) is 68.1. The Morgan fingerprint density at radius 2 is 0.889 bits per heavy atom. The quantitative estimate of drug-likeness (QED) is 0.0195. The maximum absolute atomic E-state index is 13.4. The van der Waals surface area contributed by atoms with Gasteiger partial charge >= 0.3 is 5.97 Å². The second-order valence-electron chi connectivity index (χ2n) is 21.8. The Morgan fingerprint density at radius 1 is 0.494 bits per heavy atom. The first kappa shape index (κ1) is 75.1. The highest BCUT2D eigenvalue weighted by Gasteiger charge is 2.47. The molecule has 0 spiro atoms. The summed E-state index contributed by atoms with van der Waals surface area (Å²) in [6.45, 7) is 5.60. The predicted molar refractivity (Wildman–Crippen MR) is 338 cm³/mol. The topological polar surface area (TPSA) is 175 Å². The van der Waals surface area contributed by atoms with Gasteiger partial charge in [0.2, 0.25) is 5.91 Å². The lowest BCUT2D eigenvalue weighted by Crippen LogP contribution is -2.61. The van der Waals surface area contributed by atoms with Gasteiger partial charge in [-0.25, -0.2) is 0 Å². The summed E-state index contributed by atoms with van der Waals surface area (Å²) in [5, 5.41) is 57.0. The fourth-order valence-corrected chi connectivity index (χ4v) is 9.26. The fraction of sp³-hybridized carbons (Fsp3) is 0.686. The Labute approximate surface area is 493 Å². The zero-order valence-corrected chi connectivity index (χ0v) is 51.1. The molecular formula is C70H117NO10. The van der Waals surface area contributed by atoms with Crippen LogP contribution in [0.25, 0.3) is 0 Å². The molecule has 11 nitrogen and oxygen atoms in total. The average molecular weight is 1130 g/mol. The third-order valence-electron chi connectivity index (χ3n) is 14.4. The first-order chi connectivity index (χ1) is 39.7. The van der Waals surface area contributed by atoms with Crippen molar-refractivity contribution in [3.8, 4) is 0 Å². The van der Waals surface area contributed by atoms with Gasteiger partial charge in [0.15, 0.2) is 12.4 Å². The Balaban J connectivity index is 2.70. The Kier molecular flexibility index (Phi) is 52.4. The van der Waals surface area contributed by atoms with Crippen LogP contribution in [0, 0.1) is 0 Å². The van der Waals surface area contributed by atoms with Crippen molar-refractivity contribution in [1.82, 2.24) is 5.32 Å². The summed E-state index contributed by atoms with van der Waals surface area (Å²) in [6, 6.07) is -1.06. The zero-order valence-electron chi connectivity index (χ0n) is 51.1. The molecule has 1 aliphatic heterocycles. The molecular weight excluding hydrogens is 1010 g/mol. The van der Waals surface area contributed by atoms with Crippen LogP contribution in [0.2, 0.25) is 0 Å². The molecule has 8 unspecified atom stereocenters. The van der Waals surface area contributed by atoms with E-state index in [-0.39, 0.29) is 19.4 Å². The normalized spacial score (nSPS) is 19.5. The molecule has 0 radical (unpaired) electrons. The average Bonchev–Trinajstić information content (AvgIpc) is 3.53. The van der Waals surface area contributed by atoms with Gasteiger partial charge in [-0.15, -0.1) is 0 Å². The number of rotatable bonds is 53. The summed E-state index contributed by atoms with van der Waals surface area (Å²) in [5.74, 6) is -1.27. The van der Waals surface area contributed by atoms with Crippen molar-refractivity contribution in [1.29, 1.82) is 0 Å². The van der Waals surface area contributed by atoms with Crippen molar-refractivity contribution in [2.24, 2.45) is 0 Å². The molecule has 81 heavy (non-hydrogen) atoms. The van der Waals surface area contributed by atoms with Gasteiger partial charge in [-0.05, 0) is 109 Å². The molecule has 11 heteroatoms. The van der Waals surface area contributed by atoms with Gasteiger partial charge in [-0.3, -0.25) is 9.59 Å². The molecule has 1 rings (SSSR count). The summed E-state index contributed by atoms with van der Waals surface area (Å²) >= 11 is 0. The van der Waals surface area contributed by atoms with E-state index in [0.29, 0.717) is 12.8 Å². The molecule has 0 aromatic carbocycles. The van der Waals surface area contributed by atoms with E-state index < -0.39 is 67.4 Å². The lowest BCUT2D eigenvalue weighted by Gasteiger charge is -2.41. The number of ether oxygens (including phenoxy) is 3. The largest absolute Gasteiger partial charge is 0.454 e. The van der Waals surface area contributed by atoms with Crippen molar-refractivity contribution in [3.63, 3.8) is 0 Å². The van der Waals surface area contributed by atoms with Crippen molar-refractivity contribution < 1.29 is 49.3 Å². The molecule has 462 valence electrons. The lowest BCUT2D eigenvalue weighted by atomic mass is 9.99.